The lowest BCUT2D eigenvalue weighted by Gasteiger charge is -2.16. The first-order chi connectivity index (χ1) is 9.81. The fraction of sp³-hybridized carbons (Fsp3) is 0.250. The van der Waals surface area contributed by atoms with Gasteiger partial charge in [0.25, 0.3) is 0 Å². The van der Waals surface area contributed by atoms with Gasteiger partial charge in [-0.05, 0) is 24.1 Å². The van der Waals surface area contributed by atoms with Crippen LogP contribution >= 0.6 is 0 Å². The topological polar surface area (TPSA) is 56.7 Å². The fourth-order valence-electron chi connectivity index (χ4n) is 2.57. The van der Waals surface area contributed by atoms with Crippen LogP contribution in [0.4, 0.5) is 0 Å². The van der Waals surface area contributed by atoms with Gasteiger partial charge in [-0.15, -0.1) is 0 Å². The van der Waals surface area contributed by atoms with E-state index in [0.29, 0.717) is 0 Å². The maximum Gasteiger partial charge on any atom is 0.130 e. The van der Waals surface area contributed by atoms with E-state index in [1.165, 1.54) is 0 Å². The van der Waals surface area contributed by atoms with Crippen molar-refractivity contribution >= 4 is 10.9 Å². The van der Waals surface area contributed by atoms with Gasteiger partial charge in [-0.25, -0.2) is 4.98 Å². The largest absolute Gasteiger partial charge is 0.333 e. The van der Waals surface area contributed by atoms with Crippen molar-refractivity contribution in [2.45, 2.75) is 25.9 Å². The molecule has 102 valence electrons. The lowest BCUT2D eigenvalue weighted by Crippen LogP contribution is -2.18. The summed E-state index contributed by atoms with van der Waals surface area (Å²) in [6.45, 7) is 3.09. The Kier molecular flexibility index (Phi) is 3.48. The van der Waals surface area contributed by atoms with Crippen molar-refractivity contribution in [3.63, 3.8) is 0 Å². The predicted octanol–water partition coefficient (Wildman–Crippen LogP) is 2.89. The number of imidazole rings is 1. The molecule has 1 aromatic carbocycles. The number of nitrogens with zero attached hydrogens (tertiary/aromatic N) is 3. The number of hydrogen-bond acceptors (Lipinski definition) is 3. The van der Waals surface area contributed by atoms with Crippen molar-refractivity contribution in [1.82, 2.24) is 14.5 Å². The quantitative estimate of drug-likeness (QED) is 0.790. The van der Waals surface area contributed by atoms with Crippen LogP contribution in [0.3, 0.4) is 0 Å². The second-order valence-corrected chi connectivity index (χ2v) is 4.87. The summed E-state index contributed by atoms with van der Waals surface area (Å²) in [6.07, 6.45) is 6.67. The Bertz CT molecular complexity index is 712. The Morgan fingerprint density at radius 1 is 1.15 bits per heavy atom. The van der Waals surface area contributed by atoms with E-state index in [1.54, 1.807) is 6.20 Å². The molecular formula is C16H18N4. The van der Waals surface area contributed by atoms with Gasteiger partial charge in [0.2, 0.25) is 0 Å². The van der Waals surface area contributed by atoms with Crippen LogP contribution in [-0.2, 0) is 6.54 Å². The number of fused-ring (bicyclic) bond motifs is 1. The number of aryl methyl sites for hydroxylation is 1. The third-order valence-electron chi connectivity index (χ3n) is 3.50. The number of pyridine rings is 1. The SMILES string of the molecule is CCCn1ccnc1C(N)c1cccc2ncccc12. The molecule has 0 aliphatic carbocycles. The molecule has 0 spiro atoms. The van der Waals surface area contributed by atoms with Gasteiger partial charge in [-0.1, -0.05) is 25.1 Å². The van der Waals surface area contributed by atoms with Crippen LogP contribution in [0.15, 0.2) is 48.9 Å². The number of nitrogens with two attached hydrogens (primary N) is 1. The normalized spacial score (nSPS) is 12.7. The molecule has 4 heteroatoms. The zero-order valence-corrected chi connectivity index (χ0v) is 11.5. The average Bonchev–Trinajstić information content (AvgIpc) is 2.94. The Morgan fingerprint density at radius 3 is 2.90 bits per heavy atom. The molecule has 2 aromatic heterocycles. The van der Waals surface area contributed by atoms with Crippen molar-refractivity contribution in [2.24, 2.45) is 5.73 Å². The third kappa shape index (κ3) is 2.18. The summed E-state index contributed by atoms with van der Waals surface area (Å²) >= 11 is 0. The van der Waals surface area contributed by atoms with E-state index in [1.807, 2.05) is 30.6 Å². The van der Waals surface area contributed by atoms with Crippen molar-refractivity contribution < 1.29 is 0 Å². The second kappa shape index (κ2) is 5.43. The maximum absolute atomic E-state index is 6.45. The standard InChI is InChI=1S/C16H18N4/c1-2-10-20-11-9-19-16(20)15(17)13-5-3-7-14-12(13)6-4-8-18-14/h3-9,11,15H,2,10,17H2,1H3. The van der Waals surface area contributed by atoms with E-state index in [2.05, 4.69) is 33.6 Å². The summed E-state index contributed by atoms with van der Waals surface area (Å²) in [5, 5.41) is 1.09. The smallest absolute Gasteiger partial charge is 0.130 e. The second-order valence-electron chi connectivity index (χ2n) is 4.87. The Hall–Kier alpha value is -2.20. The summed E-state index contributed by atoms with van der Waals surface area (Å²) in [4.78, 5) is 8.82. The molecule has 1 unspecified atom stereocenters. The molecule has 0 aliphatic heterocycles. The Balaban J connectivity index is 2.08. The molecule has 0 bridgehead atoms. The first-order valence-electron chi connectivity index (χ1n) is 6.91. The van der Waals surface area contributed by atoms with Crippen LogP contribution in [0.25, 0.3) is 10.9 Å². The van der Waals surface area contributed by atoms with Crippen molar-refractivity contribution in [3.05, 3.63) is 60.3 Å². The monoisotopic (exact) mass is 266 g/mol. The van der Waals surface area contributed by atoms with Crippen LogP contribution in [-0.4, -0.2) is 14.5 Å². The minimum absolute atomic E-state index is 0.232. The number of aromatic nitrogens is 3. The number of hydrogen-bond donors (Lipinski definition) is 1. The molecule has 3 aromatic rings. The van der Waals surface area contributed by atoms with Crippen LogP contribution in [0.1, 0.15) is 30.8 Å². The molecule has 0 saturated carbocycles. The van der Waals surface area contributed by atoms with Gasteiger partial charge in [-0.2, -0.15) is 0 Å². The average molecular weight is 266 g/mol. The van der Waals surface area contributed by atoms with Gasteiger partial charge in [0.15, 0.2) is 0 Å². The first kappa shape index (κ1) is 12.8. The summed E-state index contributed by atoms with van der Waals surface area (Å²) in [5.74, 6) is 0.906. The van der Waals surface area contributed by atoms with Crippen LogP contribution in [0, 0.1) is 0 Å². The molecule has 2 heterocycles. The van der Waals surface area contributed by atoms with Crippen molar-refractivity contribution in [1.29, 1.82) is 0 Å². The van der Waals surface area contributed by atoms with E-state index in [0.717, 1.165) is 35.3 Å². The van der Waals surface area contributed by atoms with Gasteiger partial charge in [-0.3, -0.25) is 4.98 Å². The van der Waals surface area contributed by atoms with Gasteiger partial charge in [0.05, 0.1) is 11.6 Å². The molecular weight excluding hydrogens is 248 g/mol. The van der Waals surface area contributed by atoms with E-state index in [9.17, 15) is 0 Å². The molecule has 0 aliphatic rings. The minimum atomic E-state index is -0.232. The highest BCUT2D eigenvalue weighted by Gasteiger charge is 2.16. The fourth-order valence-corrected chi connectivity index (χ4v) is 2.57. The summed E-state index contributed by atoms with van der Waals surface area (Å²) < 4.78 is 2.12. The molecule has 0 saturated heterocycles. The third-order valence-corrected chi connectivity index (χ3v) is 3.50. The van der Waals surface area contributed by atoms with Crippen LogP contribution < -0.4 is 5.73 Å². The van der Waals surface area contributed by atoms with Crippen LogP contribution in [0.5, 0.6) is 0 Å². The predicted molar refractivity (Wildman–Crippen MR) is 80.3 cm³/mol. The van der Waals surface area contributed by atoms with E-state index in [-0.39, 0.29) is 6.04 Å². The van der Waals surface area contributed by atoms with E-state index in [4.69, 9.17) is 5.73 Å². The zero-order chi connectivity index (χ0) is 13.9. The molecule has 20 heavy (non-hydrogen) atoms. The lowest BCUT2D eigenvalue weighted by atomic mass is 10.0. The highest BCUT2D eigenvalue weighted by Crippen LogP contribution is 2.25. The molecule has 4 nitrogen and oxygen atoms in total. The van der Waals surface area contributed by atoms with Gasteiger partial charge >= 0.3 is 0 Å². The number of rotatable bonds is 4. The molecule has 2 N–H and O–H groups in total. The summed E-state index contributed by atoms with van der Waals surface area (Å²) in [6, 6.07) is 9.83. The number of benzene rings is 1. The highest BCUT2D eigenvalue weighted by atomic mass is 15.1. The van der Waals surface area contributed by atoms with E-state index >= 15 is 0 Å². The molecule has 0 amide bonds. The lowest BCUT2D eigenvalue weighted by molar-refractivity contribution is 0.614. The molecule has 1 atom stereocenters. The van der Waals surface area contributed by atoms with Crippen LogP contribution in [0.2, 0.25) is 0 Å². The molecule has 0 fully saturated rings. The maximum atomic E-state index is 6.45. The van der Waals surface area contributed by atoms with Gasteiger partial charge < -0.3 is 10.3 Å². The van der Waals surface area contributed by atoms with Gasteiger partial charge in [0, 0.05) is 30.5 Å². The zero-order valence-electron chi connectivity index (χ0n) is 11.5. The van der Waals surface area contributed by atoms with Gasteiger partial charge in [0.1, 0.15) is 5.82 Å². The first-order valence-corrected chi connectivity index (χ1v) is 6.91. The molecule has 0 radical (unpaired) electrons. The Morgan fingerprint density at radius 2 is 2.05 bits per heavy atom. The summed E-state index contributed by atoms with van der Waals surface area (Å²) in [5.41, 5.74) is 8.48. The van der Waals surface area contributed by atoms with Crippen molar-refractivity contribution in [2.75, 3.05) is 0 Å². The van der Waals surface area contributed by atoms with Crippen molar-refractivity contribution in [3.8, 4) is 0 Å². The highest BCUT2D eigenvalue weighted by molar-refractivity contribution is 5.82. The molecule has 3 rings (SSSR count). The summed E-state index contributed by atoms with van der Waals surface area (Å²) in [7, 11) is 0. The van der Waals surface area contributed by atoms with E-state index < -0.39 is 0 Å². The minimum Gasteiger partial charge on any atom is -0.333 e. The Labute approximate surface area is 118 Å².